The maximum atomic E-state index is 5.58. The Kier molecular flexibility index (Phi) is 6.41. The van der Waals surface area contributed by atoms with Crippen molar-refractivity contribution in [3.8, 4) is 0 Å². The van der Waals surface area contributed by atoms with Gasteiger partial charge in [0.05, 0.1) is 0 Å². The molecule has 1 heterocycles. The number of unbranched alkanes of at least 4 members (excludes halogenated alkanes) is 2. The van der Waals surface area contributed by atoms with Crippen molar-refractivity contribution in [3.05, 3.63) is 18.4 Å². The Morgan fingerprint density at radius 1 is 1.14 bits per heavy atom. The SMILES string of the molecule is CCC[CH2][Sn]([CH2]CCC)[c]1ccco1. The molecule has 1 aromatic rings. The summed E-state index contributed by atoms with van der Waals surface area (Å²) < 4.78 is 9.92. The van der Waals surface area contributed by atoms with Crippen molar-refractivity contribution in [1.82, 2.24) is 0 Å². The number of rotatable bonds is 7. The second kappa shape index (κ2) is 7.38. The molecule has 1 radical (unpaired) electrons. The van der Waals surface area contributed by atoms with Gasteiger partial charge in [0, 0.05) is 0 Å². The van der Waals surface area contributed by atoms with Crippen molar-refractivity contribution >= 4 is 23.5 Å². The molecule has 2 heteroatoms. The van der Waals surface area contributed by atoms with E-state index in [2.05, 4.69) is 19.9 Å². The van der Waals surface area contributed by atoms with Gasteiger partial charge < -0.3 is 0 Å². The van der Waals surface area contributed by atoms with Crippen molar-refractivity contribution in [2.45, 2.75) is 48.4 Å². The van der Waals surface area contributed by atoms with Crippen LogP contribution in [0.3, 0.4) is 0 Å². The van der Waals surface area contributed by atoms with E-state index in [-0.39, 0.29) is 0 Å². The summed E-state index contributed by atoms with van der Waals surface area (Å²) >= 11 is -1.33. The van der Waals surface area contributed by atoms with Gasteiger partial charge in [-0.1, -0.05) is 0 Å². The molecule has 0 fully saturated rings. The molecule has 0 amide bonds. The second-order valence-corrected chi connectivity index (χ2v) is 11.5. The molecule has 0 atom stereocenters. The first-order valence-corrected chi connectivity index (χ1v) is 11.2. The predicted molar refractivity (Wildman–Crippen MR) is 63.5 cm³/mol. The van der Waals surface area contributed by atoms with Crippen molar-refractivity contribution in [2.75, 3.05) is 0 Å². The molecule has 0 bridgehead atoms. The summed E-state index contributed by atoms with van der Waals surface area (Å²) in [6, 6.07) is 4.26. The minimum absolute atomic E-state index is 1.33. The minimum atomic E-state index is -1.33. The van der Waals surface area contributed by atoms with E-state index >= 15 is 0 Å². The summed E-state index contributed by atoms with van der Waals surface area (Å²) in [5.41, 5.74) is 0. The molecular formula is C12H21OSn. The molecule has 1 rings (SSSR count). The molecule has 0 spiro atoms. The Morgan fingerprint density at radius 2 is 1.79 bits per heavy atom. The van der Waals surface area contributed by atoms with Gasteiger partial charge in [-0.3, -0.25) is 0 Å². The van der Waals surface area contributed by atoms with Crippen LogP contribution >= 0.6 is 0 Å². The van der Waals surface area contributed by atoms with Crippen LogP contribution in [-0.2, 0) is 0 Å². The van der Waals surface area contributed by atoms with Crippen LogP contribution in [0.15, 0.2) is 22.8 Å². The summed E-state index contributed by atoms with van der Waals surface area (Å²) in [4.78, 5) is 0. The summed E-state index contributed by atoms with van der Waals surface area (Å²) in [6.07, 6.45) is 7.31. The van der Waals surface area contributed by atoms with E-state index < -0.39 is 19.8 Å². The van der Waals surface area contributed by atoms with E-state index in [9.17, 15) is 0 Å². The van der Waals surface area contributed by atoms with Crippen LogP contribution in [0.4, 0.5) is 0 Å². The van der Waals surface area contributed by atoms with E-state index in [1.807, 2.05) is 12.3 Å². The van der Waals surface area contributed by atoms with Crippen molar-refractivity contribution < 1.29 is 4.42 Å². The zero-order valence-electron chi connectivity index (χ0n) is 9.38. The summed E-state index contributed by atoms with van der Waals surface area (Å²) in [7, 11) is 0. The molecule has 0 aliphatic heterocycles. The Hall–Kier alpha value is 0.0787. The fraction of sp³-hybridized carbons (Fsp3) is 0.667. The van der Waals surface area contributed by atoms with Gasteiger partial charge in [-0.2, -0.15) is 0 Å². The third kappa shape index (κ3) is 4.07. The molecule has 1 aromatic heterocycles. The molecule has 0 aliphatic carbocycles. The molecule has 0 saturated heterocycles. The zero-order chi connectivity index (χ0) is 10.2. The molecule has 0 unspecified atom stereocenters. The standard InChI is InChI=1S/C4H3O.2C4H9.Sn/c1-2-4-5-3-1;2*1-3-4-2;/h1-3H;2*1,3-4H2,2H3;. The fourth-order valence-electron chi connectivity index (χ4n) is 1.63. The Morgan fingerprint density at radius 3 is 2.21 bits per heavy atom. The van der Waals surface area contributed by atoms with Crippen LogP contribution in [0, 0.1) is 0 Å². The predicted octanol–water partition coefficient (Wildman–Crippen LogP) is 3.58. The third-order valence-corrected chi connectivity index (χ3v) is 10.8. The Balaban J connectivity index is 2.44. The van der Waals surface area contributed by atoms with Gasteiger partial charge >= 0.3 is 94.8 Å². The van der Waals surface area contributed by atoms with Gasteiger partial charge in [-0.25, -0.2) is 0 Å². The molecule has 1 nitrogen and oxygen atoms in total. The van der Waals surface area contributed by atoms with Crippen molar-refractivity contribution in [1.29, 1.82) is 0 Å². The first-order chi connectivity index (χ1) is 6.88. The number of hydrogen-bond acceptors (Lipinski definition) is 1. The quantitative estimate of drug-likeness (QED) is 0.702. The monoisotopic (exact) mass is 301 g/mol. The Labute approximate surface area is 94.6 Å². The van der Waals surface area contributed by atoms with E-state index in [1.54, 1.807) is 0 Å². The topological polar surface area (TPSA) is 13.1 Å². The van der Waals surface area contributed by atoms with Crippen LogP contribution < -0.4 is 3.78 Å². The van der Waals surface area contributed by atoms with Gasteiger partial charge in [0.25, 0.3) is 0 Å². The van der Waals surface area contributed by atoms with E-state index in [0.717, 1.165) is 0 Å². The second-order valence-electron chi connectivity index (χ2n) is 3.79. The van der Waals surface area contributed by atoms with E-state index in [0.29, 0.717) is 0 Å². The summed E-state index contributed by atoms with van der Waals surface area (Å²) in [5, 5.41) is 0. The van der Waals surface area contributed by atoms with Crippen molar-refractivity contribution in [2.24, 2.45) is 0 Å². The average Bonchev–Trinajstić information content (AvgIpc) is 2.71. The zero-order valence-corrected chi connectivity index (χ0v) is 12.2. The van der Waals surface area contributed by atoms with Crippen LogP contribution in [0.1, 0.15) is 39.5 Å². The number of hydrogen-bond donors (Lipinski definition) is 0. The molecule has 14 heavy (non-hydrogen) atoms. The fourth-order valence-corrected chi connectivity index (χ4v) is 9.82. The molecule has 0 N–H and O–H groups in total. The summed E-state index contributed by atoms with van der Waals surface area (Å²) in [6.45, 7) is 4.56. The van der Waals surface area contributed by atoms with Crippen LogP contribution in [0.5, 0.6) is 0 Å². The van der Waals surface area contributed by atoms with Gasteiger partial charge in [-0.05, 0) is 0 Å². The van der Waals surface area contributed by atoms with E-state index in [1.165, 1.54) is 38.3 Å². The molecule has 79 valence electrons. The first-order valence-electron chi connectivity index (χ1n) is 5.77. The van der Waals surface area contributed by atoms with Gasteiger partial charge in [0.1, 0.15) is 0 Å². The number of furan rings is 1. The average molecular weight is 300 g/mol. The molecule has 0 saturated carbocycles. The van der Waals surface area contributed by atoms with Crippen LogP contribution in [0.2, 0.25) is 8.87 Å². The van der Waals surface area contributed by atoms with Crippen molar-refractivity contribution in [3.63, 3.8) is 0 Å². The summed E-state index contributed by atoms with van der Waals surface area (Å²) in [5.74, 6) is 0. The van der Waals surface area contributed by atoms with Gasteiger partial charge in [-0.15, -0.1) is 0 Å². The molecule has 0 aromatic carbocycles. The van der Waals surface area contributed by atoms with Gasteiger partial charge in [0.2, 0.25) is 0 Å². The third-order valence-electron chi connectivity index (χ3n) is 2.53. The normalized spacial score (nSPS) is 11.1. The first kappa shape index (κ1) is 12.1. The Bertz CT molecular complexity index is 210. The maximum absolute atomic E-state index is 5.58. The van der Waals surface area contributed by atoms with Crippen LogP contribution in [-0.4, -0.2) is 19.8 Å². The van der Waals surface area contributed by atoms with Crippen LogP contribution in [0.25, 0.3) is 0 Å². The molecule has 0 aliphatic rings. The molecular weight excluding hydrogens is 279 g/mol. The van der Waals surface area contributed by atoms with E-state index in [4.69, 9.17) is 4.42 Å². The van der Waals surface area contributed by atoms with Gasteiger partial charge in [0.15, 0.2) is 0 Å².